The molecule has 1 atom stereocenters. The molecule has 0 saturated carbocycles. The van der Waals surface area contributed by atoms with Crippen molar-refractivity contribution in [3.63, 3.8) is 0 Å². The number of piperidine rings is 2. The maximum Gasteiger partial charge on any atom is 0.260 e. The molecule has 2 heterocycles. The zero-order valence-electron chi connectivity index (χ0n) is 18.6. The van der Waals surface area contributed by atoms with Crippen molar-refractivity contribution in [2.45, 2.75) is 45.4 Å². The molecule has 1 N–H and O–H groups in total. The monoisotopic (exact) mass is 429 g/mol. The number of likely N-dealkylation sites (tertiary alicyclic amines) is 2. The van der Waals surface area contributed by atoms with Gasteiger partial charge in [-0.25, -0.2) is 0 Å². The van der Waals surface area contributed by atoms with Crippen LogP contribution < -0.4 is 10.1 Å². The fourth-order valence-electron chi connectivity index (χ4n) is 4.31. The number of para-hydroxylation sites is 1. The Hall–Kier alpha value is -2.57. The van der Waals surface area contributed by atoms with Gasteiger partial charge >= 0.3 is 0 Å². The SMILES string of the molecule is CCCCNC(=O)C1CCCN(C(=O)C2CCN(C(=O)COc3ccccc3)CC2)C1. The normalized spacial score (nSPS) is 19.7. The second kappa shape index (κ2) is 11.7. The molecule has 3 amide bonds. The van der Waals surface area contributed by atoms with Gasteiger partial charge in [0.2, 0.25) is 11.8 Å². The highest BCUT2D eigenvalue weighted by molar-refractivity contribution is 5.83. The minimum atomic E-state index is -0.105. The topological polar surface area (TPSA) is 79.0 Å². The van der Waals surface area contributed by atoms with E-state index in [2.05, 4.69) is 12.2 Å². The number of nitrogens with zero attached hydrogens (tertiary/aromatic N) is 2. The Morgan fingerprint density at radius 2 is 1.74 bits per heavy atom. The van der Waals surface area contributed by atoms with Crippen molar-refractivity contribution in [1.29, 1.82) is 0 Å². The first kappa shape index (κ1) is 23.1. The zero-order chi connectivity index (χ0) is 22.1. The van der Waals surface area contributed by atoms with Gasteiger partial charge in [0, 0.05) is 38.6 Å². The molecule has 170 valence electrons. The van der Waals surface area contributed by atoms with Gasteiger partial charge in [-0.2, -0.15) is 0 Å². The maximum absolute atomic E-state index is 13.0. The Morgan fingerprint density at radius 1 is 1.00 bits per heavy atom. The molecule has 0 radical (unpaired) electrons. The Balaban J connectivity index is 1.42. The van der Waals surface area contributed by atoms with Crippen LogP contribution in [-0.4, -0.2) is 66.9 Å². The molecule has 2 aliphatic heterocycles. The Labute approximate surface area is 185 Å². The van der Waals surface area contributed by atoms with Crippen LogP contribution in [0.3, 0.4) is 0 Å². The highest BCUT2D eigenvalue weighted by Gasteiger charge is 2.34. The number of carbonyl (C=O) groups excluding carboxylic acids is 3. The van der Waals surface area contributed by atoms with Gasteiger partial charge in [-0.1, -0.05) is 31.5 Å². The van der Waals surface area contributed by atoms with Crippen LogP contribution in [0.15, 0.2) is 30.3 Å². The van der Waals surface area contributed by atoms with E-state index in [9.17, 15) is 14.4 Å². The van der Waals surface area contributed by atoms with Crippen LogP contribution in [0, 0.1) is 11.8 Å². The number of carbonyl (C=O) groups is 3. The molecule has 0 bridgehead atoms. The number of amides is 3. The van der Waals surface area contributed by atoms with E-state index in [4.69, 9.17) is 4.74 Å². The third-order valence-corrected chi connectivity index (χ3v) is 6.24. The first-order chi connectivity index (χ1) is 15.1. The molecule has 0 spiro atoms. The predicted octanol–water partition coefficient (Wildman–Crippen LogP) is 2.46. The first-order valence-electron chi connectivity index (χ1n) is 11.6. The molecule has 7 nitrogen and oxygen atoms in total. The lowest BCUT2D eigenvalue weighted by molar-refractivity contribution is -0.143. The largest absolute Gasteiger partial charge is 0.484 e. The van der Waals surface area contributed by atoms with Crippen molar-refractivity contribution < 1.29 is 19.1 Å². The van der Waals surface area contributed by atoms with Gasteiger partial charge in [0.1, 0.15) is 5.75 Å². The van der Waals surface area contributed by atoms with E-state index in [1.54, 1.807) is 4.90 Å². The van der Waals surface area contributed by atoms with Crippen molar-refractivity contribution in [2.75, 3.05) is 39.3 Å². The van der Waals surface area contributed by atoms with Gasteiger partial charge in [0.25, 0.3) is 5.91 Å². The summed E-state index contributed by atoms with van der Waals surface area (Å²) >= 11 is 0. The van der Waals surface area contributed by atoms with Gasteiger partial charge in [-0.05, 0) is 44.2 Å². The molecule has 1 unspecified atom stereocenters. The molecule has 1 aromatic rings. The van der Waals surface area contributed by atoms with Gasteiger partial charge < -0.3 is 19.9 Å². The van der Waals surface area contributed by atoms with Crippen molar-refractivity contribution in [2.24, 2.45) is 11.8 Å². The first-order valence-corrected chi connectivity index (χ1v) is 11.6. The lowest BCUT2D eigenvalue weighted by Gasteiger charge is -2.37. The van der Waals surface area contributed by atoms with Crippen LogP contribution in [0.25, 0.3) is 0 Å². The van der Waals surface area contributed by atoms with E-state index in [1.807, 2.05) is 35.2 Å². The highest BCUT2D eigenvalue weighted by Crippen LogP contribution is 2.24. The molecule has 0 aromatic heterocycles. The van der Waals surface area contributed by atoms with Crippen LogP contribution >= 0.6 is 0 Å². The summed E-state index contributed by atoms with van der Waals surface area (Å²) < 4.78 is 5.56. The molecule has 2 fully saturated rings. The quantitative estimate of drug-likeness (QED) is 0.644. The van der Waals surface area contributed by atoms with Crippen LogP contribution in [0.2, 0.25) is 0 Å². The van der Waals surface area contributed by atoms with E-state index in [0.29, 0.717) is 44.8 Å². The lowest BCUT2D eigenvalue weighted by Crippen LogP contribution is -2.50. The number of ether oxygens (including phenoxy) is 1. The summed E-state index contributed by atoms with van der Waals surface area (Å²) in [5.41, 5.74) is 0. The third kappa shape index (κ3) is 6.71. The molecule has 2 aliphatic rings. The van der Waals surface area contributed by atoms with Gasteiger partial charge in [-0.3, -0.25) is 14.4 Å². The summed E-state index contributed by atoms with van der Waals surface area (Å²) in [4.78, 5) is 41.5. The predicted molar refractivity (Wildman–Crippen MR) is 118 cm³/mol. The van der Waals surface area contributed by atoms with E-state index in [1.165, 1.54) is 0 Å². The van der Waals surface area contributed by atoms with Crippen LogP contribution in [0.4, 0.5) is 0 Å². The summed E-state index contributed by atoms with van der Waals surface area (Å²) in [6.07, 6.45) is 5.07. The van der Waals surface area contributed by atoms with Crippen molar-refractivity contribution in [3.05, 3.63) is 30.3 Å². The minimum absolute atomic E-state index is 0.0174. The highest BCUT2D eigenvalue weighted by atomic mass is 16.5. The van der Waals surface area contributed by atoms with Crippen molar-refractivity contribution in [3.8, 4) is 5.75 Å². The number of hydrogen-bond acceptors (Lipinski definition) is 4. The maximum atomic E-state index is 13.0. The third-order valence-electron chi connectivity index (χ3n) is 6.24. The Bertz CT molecular complexity index is 732. The lowest BCUT2D eigenvalue weighted by atomic mass is 9.92. The molecular weight excluding hydrogens is 394 g/mol. The second-order valence-corrected chi connectivity index (χ2v) is 8.52. The summed E-state index contributed by atoms with van der Waals surface area (Å²) in [6.45, 7) is 5.21. The average Bonchev–Trinajstić information content (AvgIpc) is 2.83. The number of benzene rings is 1. The molecule has 3 rings (SSSR count). The van der Waals surface area contributed by atoms with Crippen LogP contribution in [0.5, 0.6) is 5.75 Å². The van der Waals surface area contributed by atoms with Crippen LogP contribution in [-0.2, 0) is 14.4 Å². The number of hydrogen-bond donors (Lipinski definition) is 1. The van der Waals surface area contributed by atoms with Gasteiger partial charge in [0.15, 0.2) is 6.61 Å². The molecule has 2 saturated heterocycles. The van der Waals surface area contributed by atoms with Crippen molar-refractivity contribution >= 4 is 17.7 Å². The van der Waals surface area contributed by atoms with Crippen molar-refractivity contribution in [1.82, 2.24) is 15.1 Å². The number of unbranched alkanes of at least 4 members (excludes halogenated alkanes) is 1. The summed E-state index contributed by atoms with van der Waals surface area (Å²) in [5, 5.41) is 3.00. The van der Waals surface area contributed by atoms with Crippen LogP contribution in [0.1, 0.15) is 45.4 Å². The smallest absolute Gasteiger partial charge is 0.260 e. The zero-order valence-corrected chi connectivity index (χ0v) is 18.6. The summed E-state index contributed by atoms with van der Waals surface area (Å²) in [7, 11) is 0. The average molecular weight is 430 g/mol. The Morgan fingerprint density at radius 3 is 2.45 bits per heavy atom. The fourth-order valence-corrected chi connectivity index (χ4v) is 4.31. The summed E-state index contributed by atoms with van der Waals surface area (Å²) in [5.74, 6) is 0.673. The second-order valence-electron chi connectivity index (χ2n) is 8.52. The fraction of sp³-hybridized carbons (Fsp3) is 0.625. The van der Waals surface area contributed by atoms with Gasteiger partial charge in [-0.15, -0.1) is 0 Å². The summed E-state index contributed by atoms with van der Waals surface area (Å²) in [6, 6.07) is 9.30. The molecule has 31 heavy (non-hydrogen) atoms. The molecular formula is C24H35N3O4. The number of nitrogens with one attached hydrogen (secondary N) is 1. The standard InChI is InChI=1S/C24H35N3O4/c1-2-3-13-25-23(29)20-8-7-14-27(17-20)24(30)19-11-15-26(16-12-19)22(28)18-31-21-9-5-4-6-10-21/h4-6,9-10,19-20H,2-3,7-8,11-18H2,1H3,(H,25,29). The minimum Gasteiger partial charge on any atom is -0.484 e. The van der Waals surface area contributed by atoms with Gasteiger partial charge in [0.05, 0.1) is 5.92 Å². The van der Waals surface area contributed by atoms with E-state index >= 15 is 0 Å². The Kier molecular flexibility index (Phi) is 8.74. The molecule has 1 aromatic carbocycles. The van der Waals surface area contributed by atoms with E-state index < -0.39 is 0 Å². The molecule has 7 heteroatoms. The number of rotatable bonds is 8. The molecule has 0 aliphatic carbocycles. The van der Waals surface area contributed by atoms with E-state index in [-0.39, 0.29) is 36.2 Å². The van der Waals surface area contributed by atoms with E-state index in [0.717, 1.165) is 32.2 Å².